The van der Waals surface area contributed by atoms with Crippen LogP contribution >= 0.6 is 11.6 Å². The number of halogens is 1. The predicted octanol–water partition coefficient (Wildman–Crippen LogP) is 3.87. The number of nitrogens with one attached hydrogen (secondary N) is 1. The molecule has 0 radical (unpaired) electrons. The van der Waals surface area contributed by atoms with Gasteiger partial charge in [0, 0.05) is 30.4 Å². The van der Waals surface area contributed by atoms with Crippen LogP contribution < -0.4 is 14.8 Å². The smallest absolute Gasteiger partial charge is 0.254 e. The maximum absolute atomic E-state index is 12.6. The lowest BCUT2D eigenvalue weighted by atomic mass is 10.1. The quantitative estimate of drug-likeness (QED) is 0.656. The number of carbonyl (C=O) groups excluding carboxylic acids is 2. The van der Waals surface area contributed by atoms with E-state index in [9.17, 15) is 9.59 Å². The summed E-state index contributed by atoms with van der Waals surface area (Å²) in [5, 5.41) is 3.17. The number of benzene rings is 2. The van der Waals surface area contributed by atoms with Crippen LogP contribution in [0.15, 0.2) is 42.5 Å². The zero-order valence-corrected chi connectivity index (χ0v) is 18.3. The number of carbonyl (C=O) groups is 2. The van der Waals surface area contributed by atoms with E-state index in [4.69, 9.17) is 25.8 Å². The minimum Gasteiger partial charge on any atom is -0.491 e. The van der Waals surface area contributed by atoms with Crippen molar-refractivity contribution >= 4 is 35.2 Å². The second-order valence-corrected chi connectivity index (χ2v) is 7.18. The highest BCUT2D eigenvalue weighted by Gasteiger charge is 2.18. The molecule has 8 heteroatoms. The van der Waals surface area contributed by atoms with Gasteiger partial charge in [-0.1, -0.05) is 17.7 Å². The van der Waals surface area contributed by atoms with E-state index in [-0.39, 0.29) is 11.8 Å². The van der Waals surface area contributed by atoms with E-state index in [1.807, 2.05) is 6.92 Å². The number of rotatable bonds is 7. The molecule has 1 aliphatic heterocycles. The van der Waals surface area contributed by atoms with Gasteiger partial charge in [0.05, 0.1) is 32.0 Å². The lowest BCUT2D eigenvalue weighted by Crippen LogP contribution is -2.40. The third-order valence-electron chi connectivity index (χ3n) is 4.64. The fourth-order valence-electron chi connectivity index (χ4n) is 3.18. The Bertz CT molecular complexity index is 970. The van der Waals surface area contributed by atoms with Gasteiger partial charge in [-0.3, -0.25) is 9.59 Å². The highest BCUT2D eigenvalue weighted by Crippen LogP contribution is 2.36. The van der Waals surface area contributed by atoms with E-state index in [1.165, 1.54) is 13.2 Å². The summed E-state index contributed by atoms with van der Waals surface area (Å²) < 4.78 is 16.1. The summed E-state index contributed by atoms with van der Waals surface area (Å²) in [6.45, 7) is 4.51. The Labute approximate surface area is 186 Å². The molecule has 3 rings (SSSR count). The van der Waals surface area contributed by atoms with Gasteiger partial charge >= 0.3 is 0 Å². The second-order valence-electron chi connectivity index (χ2n) is 6.78. The van der Waals surface area contributed by atoms with Gasteiger partial charge in [-0.05, 0) is 48.9 Å². The van der Waals surface area contributed by atoms with Gasteiger partial charge in [-0.15, -0.1) is 0 Å². The van der Waals surface area contributed by atoms with Crippen LogP contribution in [0.4, 0.5) is 5.69 Å². The standard InChI is InChI=1S/C23H25ClN2O5/c1-3-31-20-14-16(13-19(24)22(20)29-2)7-8-21(27)25-18-6-4-5-17(15-18)23(28)26-9-11-30-12-10-26/h4-8,13-15H,3,9-12H2,1-2H3,(H,25,27)/b8-7+. The maximum atomic E-state index is 12.6. The number of methoxy groups -OCH3 is 1. The Morgan fingerprint density at radius 2 is 2.00 bits per heavy atom. The van der Waals surface area contributed by atoms with Crippen molar-refractivity contribution in [1.82, 2.24) is 4.90 Å². The summed E-state index contributed by atoms with van der Waals surface area (Å²) in [5.74, 6) is 0.547. The third kappa shape index (κ3) is 5.99. The first-order valence-corrected chi connectivity index (χ1v) is 10.4. The van der Waals surface area contributed by atoms with Crippen molar-refractivity contribution in [2.75, 3.05) is 45.3 Å². The Hall–Kier alpha value is -3.03. The number of amides is 2. The molecule has 164 valence electrons. The average Bonchev–Trinajstić information content (AvgIpc) is 2.78. The molecule has 2 aromatic carbocycles. The number of ether oxygens (including phenoxy) is 3. The lowest BCUT2D eigenvalue weighted by molar-refractivity contribution is -0.111. The van der Waals surface area contributed by atoms with Crippen LogP contribution in [0.2, 0.25) is 5.02 Å². The van der Waals surface area contributed by atoms with Gasteiger partial charge < -0.3 is 24.4 Å². The first kappa shape index (κ1) is 22.7. The van der Waals surface area contributed by atoms with Gasteiger partial charge in [-0.25, -0.2) is 0 Å². The fraction of sp³-hybridized carbons (Fsp3) is 0.304. The molecule has 7 nitrogen and oxygen atoms in total. The van der Waals surface area contributed by atoms with Crippen LogP contribution in [0.1, 0.15) is 22.8 Å². The maximum Gasteiger partial charge on any atom is 0.254 e. The minimum atomic E-state index is -0.333. The molecule has 1 N–H and O–H groups in total. The molecule has 0 atom stereocenters. The molecule has 0 unspecified atom stereocenters. The summed E-state index contributed by atoms with van der Waals surface area (Å²) in [6, 6.07) is 10.3. The first-order chi connectivity index (χ1) is 15.0. The highest BCUT2D eigenvalue weighted by molar-refractivity contribution is 6.32. The van der Waals surface area contributed by atoms with Crippen molar-refractivity contribution in [1.29, 1.82) is 0 Å². The van der Waals surface area contributed by atoms with Crippen molar-refractivity contribution in [3.63, 3.8) is 0 Å². The topological polar surface area (TPSA) is 77.1 Å². The number of nitrogens with zero attached hydrogens (tertiary/aromatic N) is 1. The van der Waals surface area contributed by atoms with E-state index >= 15 is 0 Å². The van der Waals surface area contributed by atoms with Crippen LogP contribution in [-0.2, 0) is 9.53 Å². The van der Waals surface area contributed by atoms with Crippen molar-refractivity contribution in [3.05, 3.63) is 58.6 Å². The number of anilines is 1. The Kier molecular flexibility index (Phi) is 7.92. The van der Waals surface area contributed by atoms with E-state index < -0.39 is 0 Å². The van der Waals surface area contributed by atoms with Crippen molar-refractivity contribution in [2.24, 2.45) is 0 Å². The van der Waals surface area contributed by atoms with E-state index in [2.05, 4.69) is 5.32 Å². The average molecular weight is 445 g/mol. The summed E-state index contributed by atoms with van der Waals surface area (Å²) in [4.78, 5) is 26.8. The molecule has 2 aromatic rings. The van der Waals surface area contributed by atoms with E-state index in [1.54, 1.807) is 47.4 Å². The molecule has 0 saturated carbocycles. The monoisotopic (exact) mass is 444 g/mol. The van der Waals surface area contributed by atoms with Gasteiger partial charge in [-0.2, -0.15) is 0 Å². The van der Waals surface area contributed by atoms with E-state index in [0.29, 0.717) is 66.2 Å². The zero-order valence-electron chi connectivity index (χ0n) is 17.5. The minimum absolute atomic E-state index is 0.0775. The summed E-state index contributed by atoms with van der Waals surface area (Å²) >= 11 is 6.24. The lowest BCUT2D eigenvalue weighted by Gasteiger charge is -2.27. The van der Waals surface area contributed by atoms with Crippen LogP contribution in [-0.4, -0.2) is 56.7 Å². The SMILES string of the molecule is CCOc1cc(/C=C/C(=O)Nc2cccc(C(=O)N3CCOCC3)c2)cc(Cl)c1OC. The summed E-state index contributed by atoms with van der Waals surface area (Å²) in [5.41, 5.74) is 1.75. The van der Waals surface area contributed by atoms with Crippen LogP contribution in [0.25, 0.3) is 6.08 Å². The fourth-order valence-corrected chi connectivity index (χ4v) is 3.48. The molecule has 1 heterocycles. The molecule has 1 aliphatic rings. The number of hydrogen-bond acceptors (Lipinski definition) is 5. The number of hydrogen-bond donors (Lipinski definition) is 1. The largest absolute Gasteiger partial charge is 0.491 e. The molecule has 0 bridgehead atoms. The van der Waals surface area contributed by atoms with Crippen molar-refractivity contribution < 1.29 is 23.8 Å². The predicted molar refractivity (Wildman–Crippen MR) is 120 cm³/mol. The van der Waals surface area contributed by atoms with Crippen molar-refractivity contribution in [3.8, 4) is 11.5 Å². The van der Waals surface area contributed by atoms with Gasteiger partial charge in [0.2, 0.25) is 5.91 Å². The van der Waals surface area contributed by atoms with Crippen LogP contribution in [0, 0.1) is 0 Å². The van der Waals surface area contributed by atoms with Gasteiger partial charge in [0.1, 0.15) is 0 Å². The van der Waals surface area contributed by atoms with E-state index in [0.717, 1.165) is 0 Å². The molecule has 0 aromatic heterocycles. The normalized spacial score (nSPS) is 13.8. The molecule has 2 amide bonds. The second kappa shape index (κ2) is 10.8. The zero-order chi connectivity index (χ0) is 22.2. The molecule has 31 heavy (non-hydrogen) atoms. The van der Waals surface area contributed by atoms with Crippen molar-refractivity contribution in [2.45, 2.75) is 6.92 Å². The molecular formula is C23H25ClN2O5. The van der Waals surface area contributed by atoms with Gasteiger partial charge in [0.15, 0.2) is 11.5 Å². The van der Waals surface area contributed by atoms with Gasteiger partial charge in [0.25, 0.3) is 5.91 Å². The highest BCUT2D eigenvalue weighted by atomic mass is 35.5. The third-order valence-corrected chi connectivity index (χ3v) is 4.92. The first-order valence-electron chi connectivity index (χ1n) is 9.98. The van der Waals surface area contributed by atoms with Crippen LogP contribution in [0.5, 0.6) is 11.5 Å². The Morgan fingerprint density at radius 3 is 2.71 bits per heavy atom. The molecule has 1 fully saturated rings. The summed E-state index contributed by atoms with van der Waals surface area (Å²) in [6.07, 6.45) is 3.02. The molecule has 1 saturated heterocycles. The molecule has 0 aliphatic carbocycles. The summed E-state index contributed by atoms with van der Waals surface area (Å²) in [7, 11) is 1.52. The molecular weight excluding hydrogens is 420 g/mol. The Morgan fingerprint density at radius 1 is 1.23 bits per heavy atom. The Balaban J connectivity index is 1.68. The van der Waals surface area contributed by atoms with Crippen LogP contribution in [0.3, 0.4) is 0 Å². The number of morpholine rings is 1. The molecule has 0 spiro atoms.